The zero-order valence-electron chi connectivity index (χ0n) is 13.4. The molecule has 0 unspecified atom stereocenters. The Morgan fingerprint density at radius 2 is 2.09 bits per heavy atom. The van der Waals surface area contributed by atoms with Gasteiger partial charge in [0.1, 0.15) is 0 Å². The van der Waals surface area contributed by atoms with Crippen LogP contribution in [0.3, 0.4) is 0 Å². The lowest BCUT2D eigenvalue weighted by atomic mass is 9.84. The van der Waals surface area contributed by atoms with E-state index in [-0.39, 0.29) is 5.78 Å². The highest BCUT2D eigenvalue weighted by Crippen LogP contribution is 2.29. The normalized spacial score (nSPS) is 22.9. The van der Waals surface area contributed by atoms with E-state index in [1.54, 1.807) is 0 Å². The monoisotopic (exact) mass is 290 g/mol. The Bertz CT molecular complexity index is 818. The number of ketones is 1. The summed E-state index contributed by atoms with van der Waals surface area (Å²) in [6, 6.07) is 8.10. The Kier molecular flexibility index (Phi) is 3.98. The molecular formula is C21H22O. The Balaban J connectivity index is 1.96. The van der Waals surface area contributed by atoms with E-state index >= 15 is 0 Å². The van der Waals surface area contributed by atoms with Gasteiger partial charge in [-0.3, -0.25) is 4.79 Å². The molecule has 1 aromatic carbocycles. The highest BCUT2D eigenvalue weighted by atomic mass is 16.1. The summed E-state index contributed by atoms with van der Waals surface area (Å²) in [5, 5.41) is 2.20. The van der Waals surface area contributed by atoms with E-state index in [0.717, 1.165) is 40.8 Å². The Labute approximate surface area is 132 Å². The molecule has 112 valence electrons. The molecule has 1 aromatic rings. The smallest absolute Gasteiger partial charge is 0.189 e. The van der Waals surface area contributed by atoms with Crippen LogP contribution >= 0.6 is 0 Å². The Morgan fingerprint density at radius 3 is 2.77 bits per heavy atom. The van der Waals surface area contributed by atoms with E-state index in [1.165, 1.54) is 11.1 Å². The number of hydrogen-bond acceptors (Lipinski definition) is 1. The molecule has 0 aromatic heterocycles. The van der Waals surface area contributed by atoms with Crippen molar-refractivity contribution in [2.75, 3.05) is 0 Å². The summed E-state index contributed by atoms with van der Waals surface area (Å²) < 4.78 is 0. The molecule has 0 heterocycles. The third-order valence-electron chi connectivity index (χ3n) is 4.76. The first kappa shape index (κ1) is 14.8. The number of benzene rings is 1. The number of fused-ring (bicyclic) bond motifs is 1. The van der Waals surface area contributed by atoms with Crippen molar-refractivity contribution in [1.29, 1.82) is 0 Å². The van der Waals surface area contributed by atoms with Crippen LogP contribution in [-0.4, -0.2) is 5.78 Å². The summed E-state index contributed by atoms with van der Waals surface area (Å²) >= 11 is 0. The first-order valence-electron chi connectivity index (χ1n) is 7.95. The van der Waals surface area contributed by atoms with Gasteiger partial charge in [0.05, 0.1) is 0 Å². The summed E-state index contributed by atoms with van der Waals surface area (Å²) in [5.41, 5.74) is 4.21. The van der Waals surface area contributed by atoms with Gasteiger partial charge in [0.2, 0.25) is 0 Å². The average molecular weight is 290 g/mol. The minimum atomic E-state index is 0.154. The van der Waals surface area contributed by atoms with Gasteiger partial charge < -0.3 is 0 Å². The number of allylic oxidation sites excluding steroid dienone is 5. The minimum absolute atomic E-state index is 0.154. The van der Waals surface area contributed by atoms with Crippen LogP contribution in [0.5, 0.6) is 0 Å². The van der Waals surface area contributed by atoms with E-state index in [4.69, 9.17) is 0 Å². The summed E-state index contributed by atoms with van der Waals surface area (Å²) in [5.74, 6) is 0.754. The second kappa shape index (κ2) is 5.92. The lowest BCUT2D eigenvalue weighted by Crippen LogP contribution is -2.32. The molecule has 0 spiro atoms. The van der Waals surface area contributed by atoms with E-state index in [1.807, 2.05) is 31.2 Å². The molecule has 0 bridgehead atoms. The van der Waals surface area contributed by atoms with Gasteiger partial charge in [0.25, 0.3) is 0 Å². The number of hydrogen-bond donors (Lipinski definition) is 0. The van der Waals surface area contributed by atoms with E-state index < -0.39 is 0 Å². The van der Waals surface area contributed by atoms with Crippen LogP contribution < -0.4 is 10.4 Å². The molecule has 0 N–H and O–H groups in total. The van der Waals surface area contributed by atoms with Crippen molar-refractivity contribution in [3.63, 3.8) is 0 Å². The van der Waals surface area contributed by atoms with Gasteiger partial charge in [-0.25, -0.2) is 0 Å². The lowest BCUT2D eigenvalue weighted by molar-refractivity contribution is -0.110. The second-order valence-corrected chi connectivity index (χ2v) is 6.38. The molecule has 0 aliphatic heterocycles. The second-order valence-electron chi connectivity index (χ2n) is 6.38. The SMILES string of the molecule is C=C(C)[C@@H]1CC=C(/C=C2/C=c3ccccc3=C(C)C2=O)CC1. The number of Topliss-reactive ketones (excluding diaryl/α,β-unsaturated/α-hetero) is 1. The lowest BCUT2D eigenvalue weighted by Gasteiger charge is -2.21. The molecule has 0 radical (unpaired) electrons. The molecule has 22 heavy (non-hydrogen) atoms. The molecule has 1 nitrogen and oxygen atoms in total. The van der Waals surface area contributed by atoms with E-state index in [0.29, 0.717) is 5.92 Å². The van der Waals surface area contributed by atoms with E-state index in [2.05, 4.69) is 31.7 Å². The van der Waals surface area contributed by atoms with Crippen molar-refractivity contribution in [2.45, 2.75) is 33.1 Å². The topological polar surface area (TPSA) is 17.1 Å². The average Bonchev–Trinajstić information content (AvgIpc) is 2.53. The number of carbonyl (C=O) groups is 1. The molecule has 1 heteroatoms. The fourth-order valence-corrected chi connectivity index (χ4v) is 3.28. The first-order valence-corrected chi connectivity index (χ1v) is 7.95. The molecule has 0 amide bonds. The van der Waals surface area contributed by atoms with Crippen molar-refractivity contribution in [2.24, 2.45) is 5.92 Å². The van der Waals surface area contributed by atoms with Crippen molar-refractivity contribution in [1.82, 2.24) is 0 Å². The molecule has 1 atom stereocenters. The number of rotatable bonds is 2. The quantitative estimate of drug-likeness (QED) is 0.602. The number of carbonyl (C=O) groups excluding carboxylic acids is 1. The third-order valence-corrected chi connectivity index (χ3v) is 4.76. The fourth-order valence-electron chi connectivity index (χ4n) is 3.28. The van der Waals surface area contributed by atoms with Gasteiger partial charge >= 0.3 is 0 Å². The maximum absolute atomic E-state index is 12.6. The predicted octanol–water partition coefficient (Wildman–Crippen LogP) is 3.45. The van der Waals surface area contributed by atoms with Gasteiger partial charge in [0.15, 0.2) is 5.78 Å². The van der Waals surface area contributed by atoms with Crippen molar-refractivity contribution in [3.05, 3.63) is 70.2 Å². The van der Waals surface area contributed by atoms with Crippen molar-refractivity contribution < 1.29 is 4.79 Å². The van der Waals surface area contributed by atoms with Crippen LogP contribution in [0.4, 0.5) is 0 Å². The first-order chi connectivity index (χ1) is 10.6. The van der Waals surface area contributed by atoms with E-state index in [9.17, 15) is 4.79 Å². The van der Waals surface area contributed by atoms with Crippen LogP contribution in [0.25, 0.3) is 11.6 Å². The van der Waals surface area contributed by atoms with Gasteiger partial charge in [-0.1, -0.05) is 48.1 Å². The van der Waals surface area contributed by atoms with Crippen LogP contribution in [0.15, 0.2) is 59.7 Å². The van der Waals surface area contributed by atoms with Gasteiger partial charge in [0, 0.05) is 11.1 Å². The molecule has 0 saturated heterocycles. The highest BCUT2D eigenvalue weighted by Gasteiger charge is 2.18. The zero-order valence-corrected chi connectivity index (χ0v) is 13.4. The molecule has 2 aliphatic carbocycles. The maximum Gasteiger partial charge on any atom is 0.189 e. The fraction of sp³-hybridized carbons (Fsp3) is 0.286. The van der Waals surface area contributed by atoms with Gasteiger partial charge in [-0.15, -0.1) is 0 Å². The summed E-state index contributed by atoms with van der Waals surface area (Å²) in [6.45, 7) is 8.09. The summed E-state index contributed by atoms with van der Waals surface area (Å²) in [6.07, 6.45) is 9.59. The highest BCUT2D eigenvalue weighted by molar-refractivity contribution is 6.28. The third kappa shape index (κ3) is 2.76. The predicted molar refractivity (Wildman–Crippen MR) is 92.6 cm³/mol. The summed E-state index contributed by atoms with van der Waals surface area (Å²) in [4.78, 5) is 12.6. The van der Waals surface area contributed by atoms with Crippen LogP contribution in [0.2, 0.25) is 0 Å². The minimum Gasteiger partial charge on any atom is -0.289 e. The van der Waals surface area contributed by atoms with Crippen molar-refractivity contribution in [3.8, 4) is 0 Å². The Morgan fingerprint density at radius 1 is 1.32 bits per heavy atom. The standard InChI is InChI=1S/C21H22O/c1-14(2)17-10-8-16(9-11-17)12-19-13-18-6-4-5-7-20(18)15(3)21(19)22/h4-8,12-13,17H,1,9-11H2,2-3H3/b19-12-/t17-/m1/s1. The zero-order chi connectivity index (χ0) is 15.7. The van der Waals surface area contributed by atoms with Gasteiger partial charge in [-0.2, -0.15) is 0 Å². The molecular weight excluding hydrogens is 268 g/mol. The van der Waals surface area contributed by atoms with Crippen LogP contribution in [0.1, 0.15) is 33.1 Å². The van der Waals surface area contributed by atoms with Crippen LogP contribution in [-0.2, 0) is 4.79 Å². The Hall–Kier alpha value is -2.15. The van der Waals surface area contributed by atoms with Gasteiger partial charge in [-0.05, 0) is 61.6 Å². The molecule has 0 fully saturated rings. The van der Waals surface area contributed by atoms with Crippen LogP contribution in [0, 0.1) is 5.92 Å². The molecule has 0 saturated carbocycles. The van der Waals surface area contributed by atoms with Crippen molar-refractivity contribution >= 4 is 17.4 Å². The molecule has 2 aliphatic rings. The summed E-state index contributed by atoms with van der Waals surface area (Å²) in [7, 11) is 0. The molecule has 3 rings (SSSR count). The maximum atomic E-state index is 12.6. The largest absolute Gasteiger partial charge is 0.289 e.